The Hall–Kier alpha value is -2.44. The van der Waals surface area contributed by atoms with Crippen LogP contribution in [-0.2, 0) is 16.1 Å². The number of nitrogens with one attached hydrogen (secondary N) is 3. The summed E-state index contributed by atoms with van der Waals surface area (Å²) in [7, 11) is 0. The molecule has 2 rings (SSSR count). The largest absolute Gasteiger partial charge is 0.352 e. The maximum Gasteiger partial charge on any atom is 0.322 e. The molecule has 1 saturated heterocycles. The summed E-state index contributed by atoms with van der Waals surface area (Å²) in [5, 5.41) is 6.83. The van der Waals surface area contributed by atoms with Crippen LogP contribution in [0.2, 0.25) is 0 Å². The number of benzene rings is 1. The normalized spacial score (nSPS) is 17.8. The Morgan fingerprint density at radius 3 is 2.68 bits per heavy atom. The smallest absolute Gasteiger partial charge is 0.322 e. The van der Waals surface area contributed by atoms with Gasteiger partial charge in [-0.3, -0.25) is 14.9 Å². The quantitative estimate of drug-likeness (QED) is 0.672. The molecule has 1 aliphatic rings. The fourth-order valence-corrected chi connectivity index (χ4v) is 1.70. The van der Waals surface area contributed by atoms with Gasteiger partial charge in [0.2, 0.25) is 5.91 Å². The van der Waals surface area contributed by atoms with Crippen molar-refractivity contribution in [2.24, 2.45) is 0 Å². The van der Waals surface area contributed by atoms with Crippen molar-refractivity contribution < 1.29 is 18.8 Å². The number of rotatable bonds is 4. The average molecular weight is 265 g/mol. The van der Waals surface area contributed by atoms with Gasteiger partial charge in [-0.2, -0.15) is 0 Å². The second kappa shape index (κ2) is 5.47. The second-order valence-electron chi connectivity index (χ2n) is 4.09. The lowest BCUT2D eigenvalue weighted by molar-refractivity contribution is -0.126. The summed E-state index contributed by atoms with van der Waals surface area (Å²) in [5.74, 6) is -1.38. The third-order valence-corrected chi connectivity index (χ3v) is 2.68. The van der Waals surface area contributed by atoms with Crippen molar-refractivity contribution >= 4 is 17.8 Å². The Bertz CT molecular complexity index is 533. The lowest BCUT2D eigenvalue weighted by Crippen LogP contribution is -2.36. The molecule has 1 heterocycles. The molecule has 4 amide bonds. The number of carbonyl (C=O) groups is 3. The molecule has 0 saturated carbocycles. The molecule has 6 nitrogen and oxygen atoms in total. The number of amides is 4. The highest BCUT2D eigenvalue weighted by Gasteiger charge is 2.31. The van der Waals surface area contributed by atoms with E-state index >= 15 is 0 Å². The minimum absolute atomic E-state index is 0.0355. The van der Waals surface area contributed by atoms with Gasteiger partial charge in [0.25, 0.3) is 5.91 Å². The fraction of sp³-hybridized carbons (Fsp3) is 0.250. The Kier molecular flexibility index (Phi) is 3.74. The van der Waals surface area contributed by atoms with E-state index in [4.69, 9.17) is 0 Å². The van der Waals surface area contributed by atoms with E-state index in [9.17, 15) is 18.8 Å². The summed E-state index contributed by atoms with van der Waals surface area (Å²) < 4.78 is 13.3. The minimum atomic E-state index is -0.867. The predicted octanol–water partition coefficient (Wildman–Crippen LogP) is 0.0400. The van der Waals surface area contributed by atoms with E-state index in [0.29, 0.717) is 5.56 Å². The van der Waals surface area contributed by atoms with Crippen LogP contribution >= 0.6 is 0 Å². The molecule has 100 valence electrons. The van der Waals surface area contributed by atoms with Crippen LogP contribution in [0.25, 0.3) is 0 Å². The minimum Gasteiger partial charge on any atom is -0.352 e. The van der Waals surface area contributed by atoms with E-state index in [1.807, 2.05) is 5.32 Å². The number of carbonyl (C=O) groups excluding carboxylic acids is 3. The topological polar surface area (TPSA) is 87.3 Å². The first-order valence-electron chi connectivity index (χ1n) is 5.67. The van der Waals surface area contributed by atoms with Gasteiger partial charge in [0.1, 0.15) is 11.9 Å². The van der Waals surface area contributed by atoms with Crippen LogP contribution in [0.5, 0.6) is 0 Å². The van der Waals surface area contributed by atoms with Gasteiger partial charge < -0.3 is 10.6 Å². The molecule has 0 bridgehead atoms. The van der Waals surface area contributed by atoms with Crippen LogP contribution < -0.4 is 16.0 Å². The van der Waals surface area contributed by atoms with Crippen molar-refractivity contribution in [2.45, 2.75) is 19.0 Å². The van der Waals surface area contributed by atoms with Gasteiger partial charge in [0.15, 0.2) is 0 Å². The van der Waals surface area contributed by atoms with Gasteiger partial charge >= 0.3 is 6.03 Å². The first-order valence-corrected chi connectivity index (χ1v) is 5.67. The van der Waals surface area contributed by atoms with E-state index in [-0.39, 0.29) is 13.0 Å². The van der Waals surface area contributed by atoms with Crippen molar-refractivity contribution in [1.82, 2.24) is 16.0 Å². The molecule has 1 aromatic rings. The Morgan fingerprint density at radius 1 is 1.32 bits per heavy atom. The Labute approximate surface area is 108 Å². The standard InChI is InChI=1S/C12H12FN3O3/c13-8-4-2-1-3-7(8)6-14-10(17)5-9-11(18)16-12(19)15-9/h1-4,9H,5-6H2,(H,14,17)(H2,15,16,18,19). The van der Waals surface area contributed by atoms with Crippen molar-refractivity contribution in [1.29, 1.82) is 0 Å². The zero-order chi connectivity index (χ0) is 13.8. The molecule has 7 heteroatoms. The lowest BCUT2D eigenvalue weighted by Gasteiger charge is -2.08. The lowest BCUT2D eigenvalue weighted by atomic mass is 10.2. The van der Waals surface area contributed by atoms with E-state index in [1.165, 1.54) is 6.07 Å². The van der Waals surface area contributed by atoms with Crippen molar-refractivity contribution in [3.63, 3.8) is 0 Å². The van der Waals surface area contributed by atoms with Gasteiger partial charge in [0.05, 0.1) is 6.42 Å². The molecule has 1 aliphatic heterocycles. The maximum absolute atomic E-state index is 13.3. The predicted molar refractivity (Wildman–Crippen MR) is 63.3 cm³/mol. The monoisotopic (exact) mass is 265 g/mol. The van der Waals surface area contributed by atoms with Crippen LogP contribution in [0.3, 0.4) is 0 Å². The van der Waals surface area contributed by atoms with E-state index in [2.05, 4.69) is 10.6 Å². The summed E-state index contributed by atoms with van der Waals surface area (Å²) in [6.07, 6.45) is -0.175. The van der Waals surface area contributed by atoms with Gasteiger partial charge in [-0.25, -0.2) is 9.18 Å². The molecular weight excluding hydrogens is 253 g/mol. The van der Waals surface area contributed by atoms with Crippen molar-refractivity contribution in [3.8, 4) is 0 Å². The molecule has 1 atom stereocenters. The molecule has 0 spiro atoms. The number of hydrogen-bond acceptors (Lipinski definition) is 3. The van der Waals surface area contributed by atoms with Crippen LogP contribution in [0.1, 0.15) is 12.0 Å². The molecule has 1 aromatic carbocycles. The number of halogens is 1. The summed E-state index contributed by atoms with van der Waals surface area (Å²) in [4.78, 5) is 33.6. The van der Waals surface area contributed by atoms with Crippen LogP contribution in [-0.4, -0.2) is 23.9 Å². The molecule has 0 aliphatic carbocycles. The number of hydrogen-bond donors (Lipinski definition) is 3. The van der Waals surface area contributed by atoms with Gasteiger partial charge in [-0.05, 0) is 6.07 Å². The molecule has 1 unspecified atom stereocenters. The summed E-state index contributed by atoms with van der Waals surface area (Å²) >= 11 is 0. The Balaban J connectivity index is 1.84. The molecule has 0 aromatic heterocycles. The second-order valence-corrected chi connectivity index (χ2v) is 4.09. The third kappa shape index (κ3) is 3.27. The van der Waals surface area contributed by atoms with Crippen LogP contribution in [0.15, 0.2) is 24.3 Å². The maximum atomic E-state index is 13.3. The zero-order valence-corrected chi connectivity index (χ0v) is 9.90. The molecule has 3 N–H and O–H groups in total. The highest BCUT2D eigenvalue weighted by molar-refractivity contribution is 6.05. The summed E-state index contributed by atoms with van der Waals surface area (Å²) in [6, 6.07) is 4.59. The average Bonchev–Trinajstić information content (AvgIpc) is 2.67. The molecule has 0 radical (unpaired) electrons. The van der Waals surface area contributed by atoms with Crippen LogP contribution in [0, 0.1) is 5.82 Å². The number of imide groups is 1. The van der Waals surface area contributed by atoms with Crippen molar-refractivity contribution in [2.75, 3.05) is 0 Å². The zero-order valence-electron chi connectivity index (χ0n) is 9.90. The number of urea groups is 1. The summed E-state index contributed by atoms with van der Waals surface area (Å²) in [6.45, 7) is 0.0355. The van der Waals surface area contributed by atoms with E-state index in [0.717, 1.165) is 0 Å². The molecule has 1 fully saturated rings. The summed E-state index contributed by atoms with van der Waals surface area (Å²) in [5.41, 5.74) is 0.357. The third-order valence-electron chi connectivity index (χ3n) is 2.68. The van der Waals surface area contributed by atoms with E-state index < -0.39 is 29.7 Å². The molecule has 19 heavy (non-hydrogen) atoms. The Morgan fingerprint density at radius 2 is 2.05 bits per heavy atom. The van der Waals surface area contributed by atoms with E-state index in [1.54, 1.807) is 18.2 Å². The first-order chi connectivity index (χ1) is 9.06. The molecular formula is C12H12FN3O3. The van der Waals surface area contributed by atoms with Gasteiger partial charge in [-0.1, -0.05) is 18.2 Å². The van der Waals surface area contributed by atoms with Gasteiger partial charge in [-0.15, -0.1) is 0 Å². The van der Waals surface area contributed by atoms with Crippen molar-refractivity contribution in [3.05, 3.63) is 35.6 Å². The highest BCUT2D eigenvalue weighted by atomic mass is 19.1. The fourth-order valence-electron chi connectivity index (χ4n) is 1.70. The first kappa shape index (κ1) is 13.0. The van der Waals surface area contributed by atoms with Gasteiger partial charge in [0, 0.05) is 12.1 Å². The SMILES string of the molecule is O=C(CC1NC(=O)NC1=O)NCc1ccccc1F. The van der Waals surface area contributed by atoms with Crippen LogP contribution in [0.4, 0.5) is 9.18 Å². The highest BCUT2D eigenvalue weighted by Crippen LogP contribution is 2.06.